The molecule has 0 spiro atoms. The first-order valence-electron chi connectivity index (χ1n) is 7.47. The minimum absolute atomic E-state index is 0.311. The van der Waals surface area contributed by atoms with E-state index in [2.05, 4.69) is 36.2 Å². The molecule has 1 aromatic rings. The maximum Gasteiger partial charge on any atom is 0.0460 e. The zero-order chi connectivity index (χ0) is 14.5. The van der Waals surface area contributed by atoms with Gasteiger partial charge in [-0.15, -0.1) is 0 Å². The van der Waals surface area contributed by atoms with Gasteiger partial charge in [0.05, 0.1) is 0 Å². The largest absolute Gasteiger partial charge is 0.396 e. The van der Waals surface area contributed by atoms with Crippen LogP contribution in [0.25, 0.3) is 0 Å². The summed E-state index contributed by atoms with van der Waals surface area (Å²) in [5.41, 5.74) is 2.53. The van der Waals surface area contributed by atoms with Crippen LogP contribution in [0.3, 0.4) is 0 Å². The van der Waals surface area contributed by atoms with Crippen LogP contribution < -0.4 is 10.2 Å². The first kappa shape index (κ1) is 15.6. The number of nitrogens with one attached hydrogen (secondary N) is 1. The second-order valence-electron chi connectivity index (χ2n) is 5.92. The first-order chi connectivity index (χ1) is 9.60. The first-order valence-corrected chi connectivity index (χ1v) is 7.85. The van der Waals surface area contributed by atoms with Crippen LogP contribution in [0.1, 0.15) is 32.3 Å². The Hall–Kier alpha value is -0.770. The van der Waals surface area contributed by atoms with Gasteiger partial charge in [0.1, 0.15) is 0 Å². The predicted octanol–water partition coefficient (Wildman–Crippen LogP) is 3.05. The molecule has 4 heteroatoms. The Balaban J connectivity index is 2.10. The molecule has 1 aliphatic heterocycles. The van der Waals surface area contributed by atoms with Gasteiger partial charge in [-0.2, -0.15) is 0 Å². The van der Waals surface area contributed by atoms with E-state index in [-0.39, 0.29) is 0 Å². The van der Waals surface area contributed by atoms with Crippen molar-refractivity contribution < 1.29 is 5.11 Å². The fourth-order valence-electron chi connectivity index (χ4n) is 2.65. The fraction of sp³-hybridized carbons (Fsp3) is 0.625. The Morgan fingerprint density at radius 3 is 2.65 bits per heavy atom. The summed E-state index contributed by atoms with van der Waals surface area (Å²) >= 11 is 6.17. The maximum absolute atomic E-state index is 9.24. The van der Waals surface area contributed by atoms with Gasteiger partial charge in [0.15, 0.2) is 0 Å². The standard InChI is InChI=1S/C16H25ClN2O/c1-12(2)18-10-14-3-4-15(17)9-16(14)19-7-5-13(11-20)6-8-19/h3-4,9,12-13,18,20H,5-8,10-11H2,1-2H3. The molecule has 1 fully saturated rings. The highest BCUT2D eigenvalue weighted by atomic mass is 35.5. The van der Waals surface area contributed by atoms with E-state index in [0.717, 1.165) is 37.5 Å². The molecule has 2 rings (SSSR count). The van der Waals surface area contributed by atoms with E-state index in [1.54, 1.807) is 0 Å². The van der Waals surface area contributed by atoms with Crippen LogP contribution in [0.15, 0.2) is 18.2 Å². The summed E-state index contributed by atoms with van der Waals surface area (Å²) in [5, 5.41) is 13.5. The van der Waals surface area contributed by atoms with Crippen LogP contribution >= 0.6 is 11.6 Å². The predicted molar refractivity (Wildman–Crippen MR) is 85.5 cm³/mol. The molecule has 1 aliphatic rings. The van der Waals surface area contributed by atoms with Crippen molar-refractivity contribution in [1.29, 1.82) is 0 Å². The fourth-order valence-corrected chi connectivity index (χ4v) is 2.82. The number of benzene rings is 1. The Bertz CT molecular complexity index is 428. The summed E-state index contributed by atoms with van der Waals surface area (Å²) in [6.45, 7) is 7.49. The monoisotopic (exact) mass is 296 g/mol. The van der Waals surface area contributed by atoms with E-state index in [1.807, 2.05) is 6.07 Å². The molecule has 3 nitrogen and oxygen atoms in total. The lowest BCUT2D eigenvalue weighted by atomic mass is 9.97. The number of aliphatic hydroxyl groups excluding tert-OH is 1. The SMILES string of the molecule is CC(C)NCc1ccc(Cl)cc1N1CCC(CO)CC1. The van der Waals surface area contributed by atoms with Gasteiger partial charge in [-0.05, 0) is 36.5 Å². The van der Waals surface area contributed by atoms with Gasteiger partial charge >= 0.3 is 0 Å². The van der Waals surface area contributed by atoms with E-state index < -0.39 is 0 Å². The van der Waals surface area contributed by atoms with Crippen LogP contribution in [0.2, 0.25) is 5.02 Å². The van der Waals surface area contributed by atoms with Crippen LogP contribution in [0, 0.1) is 5.92 Å². The molecule has 0 aromatic heterocycles. The van der Waals surface area contributed by atoms with Crippen molar-refractivity contribution in [2.24, 2.45) is 5.92 Å². The molecule has 0 atom stereocenters. The quantitative estimate of drug-likeness (QED) is 0.877. The van der Waals surface area contributed by atoms with Crippen LogP contribution in [0.5, 0.6) is 0 Å². The average Bonchev–Trinajstić information content (AvgIpc) is 2.46. The molecule has 1 aromatic carbocycles. The van der Waals surface area contributed by atoms with E-state index in [9.17, 15) is 5.11 Å². The summed E-state index contributed by atoms with van der Waals surface area (Å²) in [7, 11) is 0. The minimum Gasteiger partial charge on any atom is -0.396 e. The molecule has 112 valence electrons. The highest BCUT2D eigenvalue weighted by Gasteiger charge is 2.20. The van der Waals surface area contributed by atoms with Gasteiger partial charge in [0.25, 0.3) is 0 Å². The number of piperidine rings is 1. The Kier molecular flexibility index (Phi) is 5.70. The number of rotatable bonds is 5. The Morgan fingerprint density at radius 1 is 1.35 bits per heavy atom. The van der Waals surface area contributed by atoms with Gasteiger partial charge < -0.3 is 15.3 Å². The van der Waals surface area contributed by atoms with Gasteiger partial charge in [0, 0.05) is 43.0 Å². The lowest BCUT2D eigenvalue weighted by molar-refractivity contribution is 0.203. The molecule has 0 saturated carbocycles. The van der Waals surface area contributed by atoms with Crippen molar-refractivity contribution in [2.75, 3.05) is 24.6 Å². The van der Waals surface area contributed by atoms with Crippen molar-refractivity contribution in [2.45, 2.75) is 39.3 Å². The molecular formula is C16H25ClN2O. The Morgan fingerprint density at radius 2 is 2.05 bits per heavy atom. The summed E-state index contributed by atoms with van der Waals surface area (Å²) in [4.78, 5) is 2.40. The topological polar surface area (TPSA) is 35.5 Å². The summed E-state index contributed by atoms with van der Waals surface area (Å²) < 4.78 is 0. The van der Waals surface area contributed by atoms with Crippen molar-refractivity contribution in [1.82, 2.24) is 5.32 Å². The van der Waals surface area contributed by atoms with Crippen molar-refractivity contribution in [3.8, 4) is 0 Å². The van der Waals surface area contributed by atoms with E-state index in [1.165, 1.54) is 11.3 Å². The molecule has 0 aliphatic carbocycles. The molecule has 0 amide bonds. The second kappa shape index (κ2) is 7.30. The number of anilines is 1. The number of halogens is 1. The molecule has 0 bridgehead atoms. The molecule has 1 heterocycles. The third-order valence-electron chi connectivity index (χ3n) is 3.96. The summed E-state index contributed by atoms with van der Waals surface area (Å²) in [6.07, 6.45) is 2.11. The molecule has 1 saturated heterocycles. The smallest absolute Gasteiger partial charge is 0.0460 e. The second-order valence-corrected chi connectivity index (χ2v) is 6.36. The van der Waals surface area contributed by atoms with Crippen LogP contribution in [-0.4, -0.2) is 30.8 Å². The Labute approximate surface area is 126 Å². The van der Waals surface area contributed by atoms with E-state index in [0.29, 0.717) is 18.6 Å². The van der Waals surface area contributed by atoms with Crippen LogP contribution in [0.4, 0.5) is 5.69 Å². The summed E-state index contributed by atoms with van der Waals surface area (Å²) in [5.74, 6) is 0.461. The lowest BCUT2D eigenvalue weighted by Gasteiger charge is -2.34. The van der Waals surface area contributed by atoms with Gasteiger partial charge in [-0.1, -0.05) is 31.5 Å². The zero-order valence-corrected chi connectivity index (χ0v) is 13.2. The molecule has 0 unspecified atom stereocenters. The molecule has 20 heavy (non-hydrogen) atoms. The van der Waals surface area contributed by atoms with E-state index >= 15 is 0 Å². The zero-order valence-electron chi connectivity index (χ0n) is 12.4. The lowest BCUT2D eigenvalue weighted by Crippen LogP contribution is -2.35. The van der Waals surface area contributed by atoms with Crippen molar-refractivity contribution in [3.05, 3.63) is 28.8 Å². The van der Waals surface area contributed by atoms with E-state index in [4.69, 9.17) is 11.6 Å². The van der Waals surface area contributed by atoms with Gasteiger partial charge in [-0.25, -0.2) is 0 Å². The molecule has 2 N–H and O–H groups in total. The normalized spacial score (nSPS) is 16.9. The maximum atomic E-state index is 9.24. The summed E-state index contributed by atoms with van der Waals surface area (Å²) in [6, 6.07) is 6.62. The highest BCUT2D eigenvalue weighted by molar-refractivity contribution is 6.30. The molecular weight excluding hydrogens is 272 g/mol. The third-order valence-corrected chi connectivity index (χ3v) is 4.20. The van der Waals surface area contributed by atoms with Crippen molar-refractivity contribution in [3.63, 3.8) is 0 Å². The van der Waals surface area contributed by atoms with Crippen LogP contribution in [-0.2, 0) is 6.54 Å². The van der Waals surface area contributed by atoms with Gasteiger partial charge in [-0.3, -0.25) is 0 Å². The number of nitrogens with zero attached hydrogens (tertiary/aromatic N) is 1. The van der Waals surface area contributed by atoms with Gasteiger partial charge in [0.2, 0.25) is 0 Å². The minimum atomic E-state index is 0.311. The number of hydrogen-bond donors (Lipinski definition) is 2. The molecule has 0 radical (unpaired) electrons. The van der Waals surface area contributed by atoms with Crippen molar-refractivity contribution >= 4 is 17.3 Å². The average molecular weight is 297 g/mol. The number of aliphatic hydroxyl groups is 1. The third kappa shape index (κ3) is 4.11. The highest BCUT2D eigenvalue weighted by Crippen LogP contribution is 2.29. The number of hydrogen-bond acceptors (Lipinski definition) is 3.